The summed E-state index contributed by atoms with van der Waals surface area (Å²) in [6.45, 7) is 2.62. The third-order valence-electron chi connectivity index (χ3n) is 4.09. The standard InChI is InChI=1S/C17H18ClIN2O2/c18-13-6-5-12(10-14(13)19)17(22)20-11-15(16-4-3-9-23-16)21-7-1-2-8-21/h3-6,9-10,15H,1-2,7-8,11H2,(H,20,22). The number of halogens is 2. The maximum absolute atomic E-state index is 12.4. The van der Waals surface area contributed by atoms with Crippen LogP contribution < -0.4 is 5.32 Å². The topological polar surface area (TPSA) is 45.5 Å². The Kier molecular flexibility index (Phi) is 5.61. The van der Waals surface area contributed by atoms with E-state index in [0.717, 1.165) is 22.4 Å². The van der Waals surface area contributed by atoms with Crippen LogP contribution in [-0.2, 0) is 0 Å². The summed E-state index contributed by atoms with van der Waals surface area (Å²) in [5.74, 6) is 0.813. The Hall–Kier alpha value is -1.05. The van der Waals surface area contributed by atoms with E-state index in [2.05, 4.69) is 32.8 Å². The molecule has 0 spiro atoms. The number of benzene rings is 1. The number of furan rings is 1. The first-order valence-corrected chi connectivity index (χ1v) is 9.11. The Labute approximate surface area is 154 Å². The third kappa shape index (κ3) is 4.08. The van der Waals surface area contributed by atoms with Gasteiger partial charge in [-0.15, -0.1) is 0 Å². The molecule has 0 bridgehead atoms. The first-order chi connectivity index (χ1) is 11.1. The van der Waals surface area contributed by atoms with Gasteiger partial charge in [-0.25, -0.2) is 0 Å². The summed E-state index contributed by atoms with van der Waals surface area (Å²) in [5.41, 5.74) is 0.624. The minimum Gasteiger partial charge on any atom is -0.468 e. The number of hydrogen-bond acceptors (Lipinski definition) is 3. The molecule has 122 valence electrons. The summed E-state index contributed by atoms with van der Waals surface area (Å²) >= 11 is 8.14. The highest BCUT2D eigenvalue weighted by molar-refractivity contribution is 14.1. The summed E-state index contributed by atoms with van der Waals surface area (Å²) in [4.78, 5) is 14.8. The molecule has 1 aliphatic rings. The summed E-state index contributed by atoms with van der Waals surface area (Å²) in [6, 6.07) is 9.25. The number of carbonyl (C=O) groups is 1. The zero-order chi connectivity index (χ0) is 16.2. The second-order valence-electron chi connectivity index (χ2n) is 5.61. The van der Waals surface area contributed by atoms with Crippen molar-refractivity contribution in [3.05, 3.63) is 56.5 Å². The Morgan fingerprint density at radius 1 is 1.35 bits per heavy atom. The fraction of sp³-hybridized carbons (Fsp3) is 0.353. The first-order valence-electron chi connectivity index (χ1n) is 7.66. The van der Waals surface area contributed by atoms with Crippen LogP contribution in [0.3, 0.4) is 0 Å². The van der Waals surface area contributed by atoms with Gasteiger partial charge in [-0.05, 0) is 78.9 Å². The van der Waals surface area contributed by atoms with Crippen molar-refractivity contribution in [3.63, 3.8) is 0 Å². The van der Waals surface area contributed by atoms with E-state index >= 15 is 0 Å². The minimum atomic E-state index is -0.0877. The molecule has 1 N–H and O–H groups in total. The summed E-state index contributed by atoms with van der Waals surface area (Å²) < 4.78 is 6.44. The molecule has 0 saturated carbocycles. The van der Waals surface area contributed by atoms with Crippen molar-refractivity contribution in [2.24, 2.45) is 0 Å². The van der Waals surface area contributed by atoms with Crippen molar-refractivity contribution in [1.29, 1.82) is 0 Å². The summed E-state index contributed by atoms with van der Waals surface area (Å²) in [6.07, 6.45) is 4.07. The molecular formula is C17H18ClIN2O2. The molecule has 4 nitrogen and oxygen atoms in total. The lowest BCUT2D eigenvalue weighted by Crippen LogP contribution is -2.36. The molecule has 1 saturated heterocycles. The molecule has 0 radical (unpaired) electrons. The zero-order valence-corrected chi connectivity index (χ0v) is 15.5. The van der Waals surface area contributed by atoms with Crippen molar-refractivity contribution in [1.82, 2.24) is 10.2 Å². The molecule has 1 atom stereocenters. The first kappa shape index (κ1) is 16.8. The van der Waals surface area contributed by atoms with Crippen LogP contribution in [0.25, 0.3) is 0 Å². The molecule has 3 rings (SSSR count). The fourth-order valence-electron chi connectivity index (χ4n) is 2.87. The second-order valence-corrected chi connectivity index (χ2v) is 7.18. The molecule has 2 heterocycles. The van der Waals surface area contributed by atoms with Gasteiger partial charge in [-0.1, -0.05) is 11.6 Å². The van der Waals surface area contributed by atoms with Crippen LogP contribution in [0.1, 0.15) is 35.0 Å². The smallest absolute Gasteiger partial charge is 0.251 e. The summed E-state index contributed by atoms with van der Waals surface area (Å²) in [7, 11) is 0. The fourth-order valence-corrected chi connectivity index (χ4v) is 3.51. The average molecular weight is 445 g/mol. The van der Waals surface area contributed by atoms with Gasteiger partial charge in [0.05, 0.1) is 17.3 Å². The lowest BCUT2D eigenvalue weighted by Gasteiger charge is -2.26. The molecule has 1 aliphatic heterocycles. The van der Waals surface area contributed by atoms with E-state index in [9.17, 15) is 4.79 Å². The summed E-state index contributed by atoms with van der Waals surface area (Å²) in [5, 5.41) is 3.68. The number of amides is 1. The van der Waals surface area contributed by atoms with E-state index < -0.39 is 0 Å². The van der Waals surface area contributed by atoms with Crippen LogP contribution in [0.15, 0.2) is 41.0 Å². The van der Waals surface area contributed by atoms with Gasteiger partial charge in [0.25, 0.3) is 5.91 Å². The lowest BCUT2D eigenvalue weighted by molar-refractivity contribution is 0.0933. The Bertz CT molecular complexity index is 669. The highest BCUT2D eigenvalue weighted by Crippen LogP contribution is 2.25. The van der Waals surface area contributed by atoms with E-state index in [1.54, 1.807) is 24.5 Å². The van der Waals surface area contributed by atoms with Crippen molar-refractivity contribution in [2.75, 3.05) is 19.6 Å². The van der Waals surface area contributed by atoms with Crippen LogP contribution in [0.5, 0.6) is 0 Å². The van der Waals surface area contributed by atoms with Crippen LogP contribution in [0, 0.1) is 3.57 Å². The van der Waals surface area contributed by atoms with Crippen LogP contribution in [0.2, 0.25) is 5.02 Å². The highest BCUT2D eigenvalue weighted by Gasteiger charge is 2.26. The maximum Gasteiger partial charge on any atom is 0.251 e. The van der Waals surface area contributed by atoms with Gasteiger partial charge in [0.15, 0.2) is 0 Å². The average Bonchev–Trinajstić information content (AvgIpc) is 3.24. The van der Waals surface area contributed by atoms with Gasteiger partial charge < -0.3 is 9.73 Å². The van der Waals surface area contributed by atoms with Crippen molar-refractivity contribution < 1.29 is 9.21 Å². The molecule has 1 unspecified atom stereocenters. The quantitative estimate of drug-likeness (QED) is 0.706. The van der Waals surface area contributed by atoms with Gasteiger partial charge in [-0.3, -0.25) is 9.69 Å². The number of nitrogens with one attached hydrogen (secondary N) is 1. The van der Waals surface area contributed by atoms with E-state index in [1.807, 2.05) is 12.1 Å². The van der Waals surface area contributed by atoms with Gasteiger partial charge >= 0.3 is 0 Å². The predicted octanol–water partition coefficient (Wildman–Crippen LogP) is 4.10. The van der Waals surface area contributed by atoms with Crippen LogP contribution >= 0.6 is 34.2 Å². The van der Waals surface area contributed by atoms with Crippen molar-refractivity contribution in [2.45, 2.75) is 18.9 Å². The van der Waals surface area contributed by atoms with E-state index in [4.69, 9.17) is 16.0 Å². The zero-order valence-electron chi connectivity index (χ0n) is 12.6. The monoisotopic (exact) mass is 444 g/mol. The van der Waals surface area contributed by atoms with Gasteiger partial charge in [0.2, 0.25) is 0 Å². The minimum absolute atomic E-state index is 0.0859. The Morgan fingerprint density at radius 2 is 2.13 bits per heavy atom. The third-order valence-corrected chi connectivity index (χ3v) is 5.63. The number of nitrogens with zero attached hydrogens (tertiary/aromatic N) is 1. The van der Waals surface area contributed by atoms with Crippen LogP contribution in [-0.4, -0.2) is 30.4 Å². The van der Waals surface area contributed by atoms with Gasteiger partial charge in [0, 0.05) is 15.7 Å². The highest BCUT2D eigenvalue weighted by atomic mass is 127. The molecule has 23 heavy (non-hydrogen) atoms. The lowest BCUT2D eigenvalue weighted by atomic mass is 10.1. The van der Waals surface area contributed by atoms with E-state index in [0.29, 0.717) is 17.1 Å². The normalized spacial score (nSPS) is 16.4. The molecule has 1 aromatic heterocycles. The number of likely N-dealkylation sites (tertiary alicyclic amines) is 1. The van der Waals surface area contributed by atoms with Gasteiger partial charge in [-0.2, -0.15) is 0 Å². The maximum atomic E-state index is 12.4. The van der Waals surface area contributed by atoms with Gasteiger partial charge in [0.1, 0.15) is 5.76 Å². The number of carbonyl (C=O) groups excluding carboxylic acids is 1. The number of rotatable bonds is 5. The molecule has 1 aromatic carbocycles. The van der Waals surface area contributed by atoms with Crippen LogP contribution in [0.4, 0.5) is 0 Å². The Balaban J connectivity index is 1.68. The number of hydrogen-bond donors (Lipinski definition) is 1. The molecule has 6 heteroatoms. The Morgan fingerprint density at radius 3 is 2.78 bits per heavy atom. The van der Waals surface area contributed by atoms with E-state index in [-0.39, 0.29) is 11.9 Å². The molecule has 0 aliphatic carbocycles. The molecule has 1 fully saturated rings. The largest absolute Gasteiger partial charge is 0.468 e. The molecule has 1 amide bonds. The van der Waals surface area contributed by atoms with Crippen molar-refractivity contribution >= 4 is 40.1 Å². The SMILES string of the molecule is O=C(NCC(c1ccco1)N1CCCC1)c1ccc(Cl)c(I)c1. The second kappa shape index (κ2) is 7.68. The molecular weight excluding hydrogens is 427 g/mol. The molecule has 2 aromatic rings. The predicted molar refractivity (Wildman–Crippen MR) is 98.8 cm³/mol. The van der Waals surface area contributed by atoms with Crippen molar-refractivity contribution in [3.8, 4) is 0 Å². The van der Waals surface area contributed by atoms with E-state index in [1.165, 1.54) is 12.8 Å².